The van der Waals surface area contributed by atoms with E-state index in [1.54, 1.807) is 51.1 Å². The number of aromatic nitrogens is 2. The Morgan fingerprint density at radius 1 is 1.09 bits per heavy atom. The van der Waals surface area contributed by atoms with Gasteiger partial charge in [-0.3, -0.25) is 9.59 Å². The SMILES string of the molecule is CC(C)(C)OC(=O)NCCCCC(=O)Nc1cc(-c2n[nH]c(=O)c3ccccc23)ccc1Cl. The van der Waals surface area contributed by atoms with E-state index < -0.39 is 11.7 Å². The van der Waals surface area contributed by atoms with Crippen molar-refractivity contribution in [2.45, 2.75) is 45.6 Å². The molecule has 2 amide bonds. The van der Waals surface area contributed by atoms with Crippen LogP contribution >= 0.6 is 11.6 Å². The topological polar surface area (TPSA) is 113 Å². The molecule has 8 nitrogen and oxygen atoms in total. The third kappa shape index (κ3) is 6.79. The van der Waals surface area contributed by atoms with Crippen LogP contribution in [0.3, 0.4) is 0 Å². The van der Waals surface area contributed by atoms with E-state index in [0.29, 0.717) is 52.1 Å². The van der Waals surface area contributed by atoms with Crippen molar-refractivity contribution in [3.63, 3.8) is 0 Å². The first kappa shape index (κ1) is 24.3. The number of nitrogens with zero attached hydrogens (tertiary/aromatic N) is 1. The maximum absolute atomic E-state index is 12.4. The van der Waals surface area contributed by atoms with Crippen LogP contribution in [-0.4, -0.2) is 34.3 Å². The molecule has 174 valence electrons. The number of carbonyl (C=O) groups excluding carboxylic acids is 2. The van der Waals surface area contributed by atoms with E-state index in [2.05, 4.69) is 20.8 Å². The largest absolute Gasteiger partial charge is 0.444 e. The van der Waals surface area contributed by atoms with Gasteiger partial charge < -0.3 is 15.4 Å². The molecule has 0 bridgehead atoms. The van der Waals surface area contributed by atoms with Gasteiger partial charge in [-0.2, -0.15) is 5.10 Å². The molecular formula is C24H27ClN4O4. The second-order valence-electron chi connectivity index (χ2n) is 8.58. The summed E-state index contributed by atoms with van der Waals surface area (Å²) < 4.78 is 5.17. The lowest BCUT2D eigenvalue weighted by Gasteiger charge is -2.19. The van der Waals surface area contributed by atoms with Gasteiger partial charge >= 0.3 is 6.09 Å². The highest BCUT2D eigenvalue weighted by atomic mass is 35.5. The van der Waals surface area contributed by atoms with Gasteiger partial charge in [-0.25, -0.2) is 9.89 Å². The van der Waals surface area contributed by atoms with E-state index in [0.717, 1.165) is 0 Å². The van der Waals surface area contributed by atoms with Crippen LogP contribution in [0.4, 0.5) is 10.5 Å². The summed E-state index contributed by atoms with van der Waals surface area (Å²) in [6.45, 7) is 5.81. The second kappa shape index (κ2) is 10.5. The Balaban J connectivity index is 1.60. The fourth-order valence-corrected chi connectivity index (χ4v) is 3.40. The van der Waals surface area contributed by atoms with E-state index in [1.807, 2.05) is 12.1 Å². The maximum atomic E-state index is 12.4. The predicted molar refractivity (Wildman–Crippen MR) is 130 cm³/mol. The van der Waals surface area contributed by atoms with Crippen LogP contribution in [0.2, 0.25) is 5.02 Å². The van der Waals surface area contributed by atoms with Crippen molar-refractivity contribution in [2.75, 3.05) is 11.9 Å². The van der Waals surface area contributed by atoms with Gasteiger partial charge in [0.1, 0.15) is 5.60 Å². The van der Waals surface area contributed by atoms with E-state index in [9.17, 15) is 14.4 Å². The van der Waals surface area contributed by atoms with E-state index >= 15 is 0 Å². The Morgan fingerprint density at radius 3 is 2.55 bits per heavy atom. The Kier molecular flexibility index (Phi) is 7.71. The number of fused-ring (bicyclic) bond motifs is 1. The normalized spacial score (nSPS) is 11.3. The zero-order valence-corrected chi connectivity index (χ0v) is 19.6. The molecule has 33 heavy (non-hydrogen) atoms. The van der Waals surface area contributed by atoms with Gasteiger partial charge in [-0.1, -0.05) is 35.9 Å². The molecule has 0 spiro atoms. The third-order valence-electron chi connectivity index (χ3n) is 4.71. The maximum Gasteiger partial charge on any atom is 0.407 e. The number of hydrogen-bond donors (Lipinski definition) is 3. The fourth-order valence-electron chi connectivity index (χ4n) is 3.23. The quantitative estimate of drug-likeness (QED) is 0.426. The highest BCUT2D eigenvalue weighted by Crippen LogP contribution is 2.30. The van der Waals surface area contributed by atoms with Gasteiger partial charge in [0.05, 0.1) is 21.8 Å². The van der Waals surface area contributed by atoms with E-state index in [1.165, 1.54) is 0 Å². The number of nitrogens with one attached hydrogen (secondary N) is 3. The number of aromatic amines is 1. The summed E-state index contributed by atoms with van der Waals surface area (Å²) in [6.07, 6.45) is 1.02. The number of rotatable bonds is 7. The number of amides is 2. The van der Waals surface area contributed by atoms with Crippen molar-refractivity contribution in [1.82, 2.24) is 15.5 Å². The first-order valence-corrected chi connectivity index (χ1v) is 11.1. The smallest absolute Gasteiger partial charge is 0.407 e. The molecule has 0 fully saturated rings. The lowest BCUT2D eigenvalue weighted by atomic mass is 10.0. The van der Waals surface area contributed by atoms with Crippen LogP contribution in [0.1, 0.15) is 40.0 Å². The molecule has 1 aromatic heterocycles. The Labute approximate surface area is 196 Å². The minimum Gasteiger partial charge on any atom is -0.444 e. The first-order chi connectivity index (χ1) is 15.6. The van der Waals surface area contributed by atoms with Crippen molar-refractivity contribution in [3.8, 4) is 11.3 Å². The molecule has 9 heteroatoms. The van der Waals surface area contributed by atoms with Crippen LogP contribution in [0.25, 0.3) is 22.0 Å². The van der Waals surface area contributed by atoms with Crippen molar-refractivity contribution < 1.29 is 14.3 Å². The summed E-state index contributed by atoms with van der Waals surface area (Å²) in [7, 11) is 0. The molecule has 3 rings (SSSR count). The van der Waals surface area contributed by atoms with Gasteiger partial charge in [-0.15, -0.1) is 0 Å². The second-order valence-corrected chi connectivity index (χ2v) is 8.98. The molecule has 0 unspecified atom stereocenters. The summed E-state index contributed by atoms with van der Waals surface area (Å²) in [5.41, 5.74) is 0.949. The molecular weight excluding hydrogens is 444 g/mol. The number of alkyl carbamates (subject to hydrolysis) is 1. The summed E-state index contributed by atoms with van der Waals surface area (Å²) in [4.78, 5) is 36.1. The zero-order valence-electron chi connectivity index (χ0n) is 18.8. The van der Waals surface area contributed by atoms with Gasteiger partial charge in [-0.05, 0) is 51.8 Å². The van der Waals surface area contributed by atoms with Crippen LogP contribution in [0.15, 0.2) is 47.3 Å². The van der Waals surface area contributed by atoms with Gasteiger partial charge in [0.2, 0.25) is 5.91 Å². The monoisotopic (exact) mass is 470 g/mol. The van der Waals surface area contributed by atoms with Crippen LogP contribution in [0, 0.1) is 0 Å². The van der Waals surface area contributed by atoms with E-state index in [4.69, 9.17) is 16.3 Å². The first-order valence-electron chi connectivity index (χ1n) is 10.7. The summed E-state index contributed by atoms with van der Waals surface area (Å²) >= 11 is 6.29. The Bertz CT molecular complexity index is 1220. The summed E-state index contributed by atoms with van der Waals surface area (Å²) in [5, 5.41) is 13.8. The van der Waals surface area contributed by atoms with Gasteiger partial charge in [0.15, 0.2) is 0 Å². The summed E-state index contributed by atoms with van der Waals surface area (Å²) in [6, 6.07) is 12.4. The van der Waals surface area contributed by atoms with Gasteiger partial charge in [0, 0.05) is 23.9 Å². The molecule has 0 radical (unpaired) electrons. The number of H-pyrrole nitrogens is 1. The molecule has 0 aliphatic carbocycles. The zero-order chi connectivity index (χ0) is 24.0. The van der Waals surface area contributed by atoms with Crippen LogP contribution in [-0.2, 0) is 9.53 Å². The fraction of sp³-hybridized carbons (Fsp3) is 0.333. The number of unbranched alkanes of at least 4 members (excludes halogenated alkanes) is 1. The highest BCUT2D eigenvalue weighted by Gasteiger charge is 2.16. The molecule has 0 saturated carbocycles. The minimum absolute atomic E-state index is 0.189. The number of hydrogen-bond acceptors (Lipinski definition) is 5. The Morgan fingerprint density at radius 2 is 1.82 bits per heavy atom. The van der Waals surface area contributed by atoms with Gasteiger partial charge in [0.25, 0.3) is 5.56 Å². The molecule has 0 saturated heterocycles. The molecule has 2 aromatic carbocycles. The number of carbonyl (C=O) groups is 2. The van der Waals surface area contributed by atoms with Crippen molar-refractivity contribution in [2.24, 2.45) is 0 Å². The van der Waals surface area contributed by atoms with Crippen LogP contribution < -0.4 is 16.2 Å². The molecule has 0 atom stereocenters. The summed E-state index contributed by atoms with van der Waals surface area (Å²) in [5.74, 6) is -0.189. The number of benzene rings is 2. The number of anilines is 1. The Hall–Kier alpha value is -3.39. The molecule has 1 heterocycles. The standard InChI is InChI=1S/C24H27ClN4O4/c1-24(2,3)33-23(32)26-13-7-6-10-20(30)27-19-14-15(11-12-18(19)25)21-16-8-4-5-9-17(16)22(31)29-28-21/h4-5,8-9,11-12,14H,6-7,10,13H2,1-3H3,(H,26,32)(H,27,30)(H,29,31). The van der Waals surface area contributed by atoms with Crippen molar-refractivity contribution in [1.29, 1.82) is 0 Å². The van der Waals surface area contributed by atoms with Crippen molar-refractivity contribution >= 4 is 40.1 Å². The van der Waals surface area contributed by atoms with Crippen molar-refractivity contribution in [3.05, 3.63) is 57.8 Å². The lowest BCUT2D eigenvalue weighted by Crippen LogP contribution is -2.33. The van der Waals surface area contributed by atoms with Crippen LogP contribution in [0.5, 0.6) is 0 Å². The predicted octanol–water partition coefficient (Wildman–Crippen LogP) is 4.88. The molecule has 3 aromatic rings. The molecule has 0 aliphatic heterocycles. The molecule has 3 N–H and O–H groups in total. The number of ether oxygens (including phenoxy) is 1. The highest BCUT2D eigenvalue weighted by molar-refractivity contribution is 6.33. The third-order valence-corrected chi connectivity index (χ3v) is 5.04. The lowest BCUT2D eigenvalue weighted by molar-refractivity contribution is -0.116. The average Bonchev–Trinajstić information content (AvgIpc) is 2.74. The average molecular weight is 471 g/mol. The van der Waals surface area contributed by atoms with E-state index in [-0.39, 0.29) is 17.9 Å². The minimum atomic E-state index is -0.547. The number of halogens is 1. The molecule has 0 aliphatic rings.